The summed E-state index contributed by atoms with van der Waals surface area (Å²) in [5.41, 5.74) is 1.99. The lowest BCUT2D eigenvalue weighted by Crippen LogP contribution is -2.22. The van der Waals surface area contributed by atoms with E-state index < -0.39 is 0 Å². The molecule has 0 aromatic heterocycles. The van der Waals surface area contributed by atoms with Gasteiger partial charge in [0.15, 0.2) is 0 Å². The molecule has 0 fully saturated rings. The summed E-state index contributed by atoms with van der Waals surface area (Å²) < 4.78 is 5.27. The van der Waals surface area contributed by atoms with Gasteiger partial charge in [-0.25, -0.2) is 0 Å². The predicted molar refractivity (Wildman–Crippen MR) is 65.1 cm³/mol. The normalized spacial score (nSPS) is 10.0. The number of methoxy groups -OCH3 is 1. The maximum absolute atomic E-state index is 10.7. The van der Waals surface area contributed by atoms with E-state index in [1.54, 1.807) is 7.11 Å². The Hall–Kier alpha value is -1.22. The minimum atomic E-state index is -0.0304. The molecule has 0 aliphatic heterocycles. The summed E-state index contributed by atoms with van der Waals surface area (Å²) in [7, 11) is 1.63. The van der Waals surface area contributed by atoms with Crippen molar-refractivity contribution in [3.63, 3.8) is 0 Å². The number of benzene rings is 1. The number of hydrogen-bond donors (Lipinski definition) is 1. The second kappa shape index (κ2) is 5.75. The van der Waals surface area contributed by atoms with E-state index in [0.29, 0.717) is 13.0 Å². The number of carbonyl (C=O) groups excluding carboxylic acids is 1. The van der Waals surface area contributed by atoms with Crippen LogP contribution in [0.15, 0.2) is 12.1 Å². The number of rotatable bonds is 4. The third-order valence-electron chi connectivity index (χ3n) is 2.33. The summed E-state index contributed by atoms with van der Waals surface area (Å²) in [6.45, 7) is 4.02. The molecular formula is C12H16ClNO2. The molecule has 0 unspecified atom stereocenters. The van der Waals surface area contributed by atoms with Crippen LogP contribution in [-0.4, -0.2) is 19.6 Å². The molecule has 88 valence electrons. The summed E-state index contributed by atoms with van der Waals surface area (Å²) in [4.78, 5) is 10.7. The average molecular weight is 242 g/mol. The zero-order valence-electron chi connectivity index (χ0n) is 9.76. The van der Waals surface area contributed by atoms with E-state index in [0.717, 1.165) is 21.9 Å². The Morgan fingerprint density at radius 2 is 2.19 bits per heavy atom. The number of halogens is 1. The molecule has 1 aromatic carbocycles. The van der Waals surface area contributed by atoms with E-state index in [4.69, 9.17) is 16.3 Å². The number of amides is 1. The SMILES string of the molecule is COc1cc(C)c(Cl)cc1CCNC(C)=O. The Labute approximate surface area is 101 Å². The third kappa shape index (κ3) is 3.42. The van der Waals surface area contributed by atoms with Gasteiger partial charge >= 0.3 is 0 Å². The third-order valence-corrected chi connectivity index (χ3v) is 2.74. The Balaban J connectivity index is 2.77. The summed E-state index contributed by atoms with van der Waals surface area (Å²) in [5, 5.41) is 3.46. The van der Waals surface area contributed by atoms with Gasteiger partial charge in [-0.05, 0) is 36.6 Å². The Morgan fingerprint density at radius 3 is 2.75 bits per heavy atom. The van der Waals surface area contributed by atoms with Crippen molar-refractivity contribution < 1.29 is 9.53 Å². The molecule has 0 spiro atoms. The molecule has 1 rings (SSSR count). The first-order valence-electron chi connectivity index (χ1n) is 5.12. The quantitative estimate of drug-likeness (QED) is 0.879. The topological polar surface area (TPSA) is 38.3 Å². The van der Waals surface area contributed by atoms with Crippen molar-refractivity contribution >= 4 is 17.5 Å². The van der Waals surface area contributed by atoms with Crippen molar-refractivity contribution in [2.75, 3.05) is 13.7 Å². The van der Waals surface area contributed by atoms with Crippen LogP contribution in [0.25, 0.3) is 0 Å². The van der Waals surface area contributed by atoms with Crippen LogP contribution >= 0.6 is 11.6 Å². The zero-order valence-corrected chi connectivity index (χ0v) is 10.5. The fraction of sp³-hybridized carbons (Fsp3) is 0.417. The summed E-state index contributed by atoms with van der Waals surface area (Å²) in [6.07, 6.45) is 0.711. The molecule has 0 atom stereocenters. The predicted octanol–water partition coefficient (Wildman–Crippen LogP) is 2.34. The van der Waals surface area contributed by atoms with Crippen molar-refractivity contribution in [1.82, 2.24) is 5.32 Å². The highest BCUT2D eigenvalue weighted by Crippen LogP contribution is 2.26. The van der Waals surface area contributed by atoms with Gasteiger partial charge in [0, 0.05) is 18.5 Å². The highest BCUT2D eigenvalue weighted by atomic mass is 35.5. The van der Waals surface area contributed by atoms with Crippen LogP contribution in [-0.2, 0) is 11.2 Å². The summed E-state index contributed by atoms with van der Waals surface area (Å²) >= 11 is 6.04. The van der Waals surface area contributed by atoms with Crippen LogP contribution in [0.3, 0.4) is 0 Å². The fourth-order valence-corrected chi connectivity index (χ4v) is 1.64. The lowest BCUT2D eigenvalue weighted by Gasteiger charge is -2.11. The van der Waals surface area contributed by atoms with E-state index in [1.165, 1.54) is 6.92 Å². The summed E-state index contributed by atoms with van der Waals surface area (Å²) in [6, 6.07) is 3.79. The molecule has 1 N–H and O–H groups in total. The molecule has 0 aliphatic rings. The molecule has 0 bridgehead atoms. The van der Waals surface area contributed by atoms with E-state index >= 15 is 0 Å². The molecule has 0 radical (unpaired) electrons. The van der Waals surface area contributed by atoms with E-state index in [1.807, 2.05) is 19.1 Å². The van der Waals surface area contributed by atoms with Crippen molar-refractivity contribution in [2.24, 2.45) is 0 Å². The molecule has 3 nitrogen and oxygen atoms in total. The first-order chi connectivity index (χ1) is 7.54. The van der Waals surface area contributed by atoms with Crippen molar-refractivity contribution in [2.45, 2.75) is 20.3 Å². The zero-order chi connectivity index (χ0) is 12.1. The average Bonchev–Trinajstić information content (AvgIpc) is 2.22. The lowest BCUT2D eigenvalue weighted by atomic mass is 10.1. The van der Waals surface area contributed by atoms with Crippen LogP contribution < -0.4 is 10.1 Å². The highest BCUT2D eigenvalue weighted by molar-refractivity contribution is 6.31. The minimum Gasteiger partial charge on any atom is -0.496 e. The molecule has 0 heterocycles. The van der Waals surface area contributed by atoms with Crippen LogP contribution in [0.2, 0.25) is 5.02 Å². The maximum atomic E-state index is 10.7. The Kier molecular flexibility index (Phi) is 4.62. The number of hydrogen-bond acceptors (Lipinski definition) is 2. The van der Waals surface area contributed by atoms with Crippen LogP contribution in [0.1, 0.15) is 18.1 Å². The lowest BCUT2D eigenvalue weighted by molar-refractivity contribution is -0.118. The standard InChI is InChI=1S/C12H16ClNO2/c1-8-6-12(16-3)10(7-11(8)13)4-5-14-9(2)15/h6-7H,4-5H2,1-3H3,(H,14,15). The Morgan fingerprint density at radius 1 is 1.50 bits per heavy atom. The van der Waals surface area contributed by atoms with Gasteiger partial charge in [0.25, 0.3) is 0 Å². The van der Waals surface area contributed by atoms with Gasteiger partial charge in [0.05, 0.1) is 7.11 Å². The van der Waals surface area contributed by atoms with Crippen LogP contribution in [0, 0.1) is 6.92 Å². The first-order valence-corrected chi connectivity index (χ1v) is 5.50. The van der Waals surface area contributed by atoms with Crippen molar-refractivity contribution in [3.8, 4) is 5.75 Å². The largest absolute Gasteiger partial charge is 0.496 e. The van der Waals surface area contributed by atoms with Gasteiger partial charge in [0.2, 0.25) is 5.91 Å². The second-order valence-corrected chi connectivity index (χ2v) is 4.05. The second-order valence-electron chi connectivity index (χ2n) is 3.65. The van der Waals surface area contributed by atoms with Gasteiger partial charge in [-0.1, -0.05) is 11.6 Å². The molecule has 0 saturated heterocycles. The smallest absolute Gasteiger partial charge is 0.216 e. The number of aryl methyl sites for hydroxylation is 1. The number of carbonyl (C=O) groups is 1. The molecule has 1 amide bonds. The van der Waals surface area contributed by atoms with E-state index in [2.05, 4.69) is 5.32 Å². The van der Waals surface area contributed by atoms with Gasteiger partial charge in [-0.15, -0.1) is 0 Å². The maximum Gasteiger partial charge on any atom is 0.216 e. The number of ether oxygens (including phenoxy) is 1. The van der Waals surface area contributed by atoms with Crippen LogP contribution in [0.4, 0.5) is 0 Å². The van der Waals surface area contributed by atoms with Crippen LogP contribution in [0.5, 0.6) is 5.75 Å². The molecule has 0 saturated carbocycles. The van der Waals surface area contributed by atoms with Gasteiger partial charge in [-0.2, -0.15) is 0 Å². The highest BCUT2D eigenvalue weighted by Gasteiger charge is 2.06. The molecular weight excluding hydrogens is 226 g/mol. The summed E-state index contributed by atoms with van der Waals surface area (Å²) in [5.74, 6) is 0.782. The molecule has 4 heteroatoms. The van der Waals surface area contributed by atoms with Gasteiger partial charge in [0.1, 0.15) is 5.75 Å². The molecule has 0 aliphatic carbocycles. The van der Waals surface area contributed by atoms with Crippen molar-refractivity contribution in [1.29, 1.82) is 0 Å². The van der Waals surface area contributed by atoms with Gasteiger partial charge < -0.3 is 10.1 Å². The first kappa shape index (κ1) is 12.8. The monoisotopic (exact) mass is 241 g/mol. The molecule has 1 aromatic rings. The molecule has 16 heavy (non-hydrogen) atoms. The fourth-order valence-electron chi connectivity index (χ4n) is 1.45. The van der Waals surface area contributed by atoms with Gasteiger partial charge in [-0.3, -0.25) is 4.79 Å². The number of nitrogens with one attached hydrogen (secondary N) is 1. The van der Waals surface area contributed by atoms with Crippen molar-refractivity contribution in [3.05, 3.63) is 28.3 Å². The van der Waals surface area contributed by atoms with E-state index in [9.17, 15) is 4.79 Å². The minimum absolute atomic E-state index is 0.0304. The Bertz CT molecular complexity index is 391. The van der Waals surface area contributed by atoms with E-state index in [-0.39, 0.29) is 5.91 Å².